The first-order chi connectivity index (χ1) is 17.1. The van der Waals surface area contributed by atoms with Crippen molar-refractivity contribution in [2.75, 3.05) is 18.2 Å². The molecule has 5 rings (SSSR count). The van der Waals surface area contributed by atoms with E-state index >= 15 is 4.39 Å². The van der Waals surface area contributed by atoms with Gasteiger partial charge in [-0.15, -0.1) is 11.8 Å². The van der Waals surface area contributed by atoms with Crippen LogP contribution in [0.2, 0.25) is 0 Å². The van der Waals surface area contributed by atoms with Crippen LogP contribution in [0.5, 0.6) is 5.75 Å². The van der Waals surface area contributed by atoms with Gasteiger partial charge in [-0.25, -0.2) is 4.39 Å². The molecule has 0 radical (unpaired) electrons. The zero-order valence-corrected chi connectivity index (χ0v) is 20.1. The van der Waals surface area contributed by atoms with Gasteiger partial charge in [0.15, 0.2) is 11.4 Å². The number of fused-ring (bicyclic) bond motifs is 2. The monoisotopic (exact) mass is 521 g/mol. The van der Waals surface area contributed by atoms with Crippen molar-refractivity contribution in [2.24, 2.45) is 5.92 Å². The summed E-state index contributed by atoms with van der Waals surface area (Å²) in [4.78, 5) is 27.4. The highest BCUT2D eigenvalue weighted by atomic mass is 32.2. The molecule has 3 aliphatic rings. The van der Waals surface area contributed by atoms with Crippen molar-refractivity contribution in [3.8, 4) is 5.75 Å². The molecule has 0 saturated heterocycles. The number of rotatable bonds is 3. The lowest BCUT2D eigenvalue weighted by molar-refractivity contribution is -0.172. The second kappa shape index (κ2) is 9.02. The number of aromatic hydroxyl groups is 1. The van der Waals surface area contributed by atoms with Crippen molar-refractivity contribution in [1.29, 1.82) is 0 Å². The zero-order valence-electron chi connectivity index (χ0n) is 19.3. The fourth-order valence-electron chi connectivity index (χ4n) is 4.91. The third kappa shape index (κ3) is 4.08. The van der Waals surface area contributed by atoms with Crippen LogP contribution in [0.15, 0.2) is 57.9 Å². The molecular weight excluding hydrogens is 498 g/mol. The van der Waals surface area contributed by atoms with Crippen molar-refractivity contribution in [2.45, 2.75) is 37.7 Å². The maximum absolute atomic E-state index is 15.5. The lowest BCUT2D eigenvalue weighted by Crippen LogP contribution is -2.57. The number of benzene rings is 1. The molecule has 3 heterocycles. The van der Waals surface area contributed by atoms with E-state index < -0.39 is 53.3 Å². The highest BCUT2D eigenvalue weighted by Crippen LogP contribution is 2.46. The van der Waals surface area contributed by atoms with Crippen molar-refractivity contribution >= 4 is 17.7 Å². The second-order valence-corrected chi connectivity index (χ2v) is 10.1. The molecule has 2 aliphatic heterocycles. The van der Waals surface area contributed by atoms with Crippen LogP contribution in [0, 0.1) is 11.7 Å². The number of thioether (sulfide) groups is 1. The van der Waals surface area contributed by atoms with Gasteiger partial charge in [-0.05, 0) is 30.0 Å². The molecule has 0 saturated carbocycles. The summed E-state index contributed by atoms with van der Waals surface area (Å²) < 4.78 is 57.0. The SMILES string of the molecule is C[C@@H](CN1CN([C@@H]2C3=C(C=CCC3)SCc3cccc(F)c32)n2ccc(=O)c(O)c2C1=O)C(F)(F)F. The Hall–Kier alpha value is -3.21. The Kier molecular flexibility index (Phi) is 6.14. The number of pyridine rings is 1. The van der Waals surface area contributed by atoms with Gasteiger partial charge in [0.05, 0.1) is 12.0 Å². The van der Waals surface area contributed by atoms with Gasteiger partial charge in [0.25, 0.3) is 5.91 Å². The Morgan fingerprint density at radius 1 is 1.22 bits per heavy atom. The summed E-state index contributed by atoms with van der Waals surface area (Å²) >= 11 is 1.55. The van der Waals surface area contributed by atoms with E-state index in [0.717, 1.165) is 33.9 Å². The lowest BCUT2D eigenvalue weighted by atomic mass is 9.89. The highest BCUT2D eigenvalue weighted by molar-refractivity contribution is 8.02. The van der Waals surface area contributed by atoms with Gasteiger partial charge in [0.2, 0.25) is 5.43 Å². The average molecular weight is 522 g/mol. The minimum absolute atomic E-state index is 0.293. The topological polar surface area (TPSA) is 65.8 Å². The molecule has 36 heavy (non-hydrogen) atoms. The number of carbonyl (C=O) groups excluding carboxylic acids is 1. The molecule has 6 nitrogen and oxygen atoms in total. The van der Waals surface area contributed by atoms with Crippen LogP contribution >= 0.6 is 11.8 Å². The number of allylic oxidation sites excluding steroid dienone is 2. The molecule has 1 amide bonds. The van der Waals surface area contributed by atoms with Gasteiger partial charge >= 0.3 is 6.18 Å². The summed E-state index contributed by atoms with van der Waals surface area (Å²) in [5.41, 5.74) is 0.697. The number of hydrogen-bond acceptors (Lipinski definition) is 5. The van der Waals surface area contributed by atoms with Gasteiger partial charge in [-0.2, -0.15) is 13.2 Å². The van der Waals surface area contributed by atoms with E-state index in [4.69, 9.17) is 0 Å². The summed E-state index contributed by atoms with van der Waals surface area (Å²) in [7, 11) is 0. The molecule has 2 atom stereocenters. The first kappa shape index (κ1) is 24.5. The predicted octanol–water partition coefficient (Wildman–Crippen LogP) is 4.83. The molecule has 1 aliphatic carbocycles. The number of hydrogen-bond donors (Lipinski definition) is 1. The molecule has 0 unspecified atom stereocenters. The first-order valence-electron chi connectivity index (χ1n) is 11.4. The second-order valence-electron chi connectivity index (χ2n) is 9.11. The average Bonchev–Trinajstić information content (AvgIpc) is 3.00. The summed E-state index contributed by atoms with van der Waals surface area (Å²) in [6.07, 6.45) is 2.01. The van der Waals surface area contributed by atoms with E-state index in [-0.39, 0.29) is 6.67 Å². The van der Waals surface area contributed by atoms with Crippen LogP contribution < -0.4 is 10.4 Å². The third-order valence-corrected chi connectivity index (χ3v) is 7.95. The summed E-state index contributed by atoms with van der Waals surface area (Å²) in [5.74, 6) is -3.58. The van der Waals surface area contributed by atoms with Crippen LogP contribution in [0.25, 0.3) is 0 Å². The maximum atomic E-state index is 15.5. The normalized spacial score (nSPS) is 20.6. The minimum atomic E-state index is -4.55. The largest absolute Gasteiger partial charge is 0.502 e. The molecule has 190 valence electrons. The molecule has 0 spiro atoms. The van der Waals surface area contributed by atoms with E-state index in [1.807, 2.05) is 18.2 Å². The van der Waals surface area contributed by atoms with Crippen LogP contribution in [0.4, 0.5) is 17.6 Å². The van der Waals surface area contributed by atoms with Gasteiger partial charge in [-0.3, -0.25) is 19.3 Å². The van der Waals surface area contributed by atoms with Crippen LogP contribution in [0.3, 0.4) is 0 Å². The lowest BCUT2D eigenvalue weighted by Gasteiger charge is -2.45. The van der Waals surface area contributed by atoms with E-state index in [1.165, 1.54) is 16.9 Å². The Labute approximate surface area is 208 Å². The summed E-state index contributed by atoms with van der Waals surface area (Å²) in [6.45, 7) is -0.00902. The molecule has 1 aromatic carbocycles. The number of carbonyl (C=O) groups is 1. The van der Waals surface area contributed by atoms with Gasteiger partial charge < -0.3 is 10.0 Å². The zero-order chi connectivity index (χ0) is 25.8. The Balaban J connectivity index is 1.72. The number of amides is 1. The maximum Gasteiger partial charge on any atom is 0.393 e. The fraction of sp³-hybridized carbons (Fsp3) is 0.360. The molecule has 11 heteroatoms. The molecule has 0 bridgehead atoms. The van der Waals surface area contributed by atoms with E-state index in [9.17, 15) is 27.9 Å². The quantitative estimate of drug-likeness (QED) is 0.586. The number of aromatic nitrogens is 1. The Bertz CT molecular complexity index is 1350. The predicted molar refractivity (Wildman–Crippen MR) is 128 cm³/mol. The highest BCUT2D eigenvalue weighted by Gasteiger charge is 2.43. The van der Waals surface area contributed by atoms with E-state index in [2.05, 4.69) is 0 Å². The first-order valence-corrected chi connectivity index (χ1v) is 12.4. The van der Waals surface area contributed by atoms with Crippen LogP contribution in [-0.2, 0) is 5.75 Å². The Morgan fingerprint density at radius 3 is 2.75 bits per heavy atom. The number of halogens is 4. The summed E-state index contributed by atoms with van der Waals surface area (Å²) in [6, 6.07) is 5.07. The smallest absolute Gasteiger partial charge is 0.393 e. The molecule has 0 fully saturated rings. The van der Waals surface area contributed by atoms with Crippen molar-refractivity contribution in [1.82, 2.24) is 9.58 Å². The fourth-order valence-corrected chi connectivity index (χ4v) is 6.07. The van der Waals surface area contributed by atoms with Crippen LogP contribution in [0.1, 0.15) is 47.4 Å². The van der Waals surface area contributed by atoms with Crippen molar-refractivity contribution < 1.29 is 27.5 Å². The standard InChI is InChI=1S/C25H23F4N3O3S/c1-14(25(27,28)29)11-30-13-32(31-10-9-18(33)23(34)22(31)24(30)35)21-16-6-2-3-8-19(16)36-12-15-5-4-7-17(26)20(15)21/h3-5,7-10,14,21,34H,2,6,11-13H2,1H3/t14-,21+/m0/s1. The van der Waals surface area contributed by atoms with Crippen LogP contribution in [-0.4, -0.2) is 40.0 Å². The van der Waals surface area contributed by atoms with E-state index in [1.54, 1.807) is 22.8 Å². The minimum Gasteiger partial charge on any atom is -0.502 e. The van der Waals surface area contributed by atoms with Gasteiger partial charge in [0.1, 0.15) is 12.5 Å². The van der Waals surface area contributed by atoms with E-state index in [0.29, 0.717) is 24.2 Å². The third-order valence-electron chi connectivity index (χ3n) is 6.78. The van der Waals surface area contributed by atoms with Gasteiger partial charge in [0, 0.05) is 35.0 Å². The molecule has 2 aromatic rings. The summed E-state index contributed by atoms with van der Waals surface area (Å²) in [5, 5.41) is 12.1. The number of alkyl halides is 3. The Morgan fingerprint density at radius 2 is 2.00 bits per heavy atom. The number of nitrogens with zero attached hydrogens (tertiary/aromatic N) is 3. The molecule has 1 aromatic heterocycles. The van der Waals surface area contributed by atoms with Crippen molar-refractivity contribution in [3.63, 3.8) is 0 Å². The molecule has 1 N–H and O–H groups in total. The van der Waals surface area contributed by atoms with Crippen molar-refractivity contribution in [3.05, 3.63) is 86.0 Å². The van der Waals surface area contributed by atoms with Gasteiger partial charge in [-0.1, -0.05) is 31.2 Å². The molecular formula is C25H23F4N3O3S.